The van der Waals surface area contributed by atoms with E-state index in [-0.39, 0.29) is 30.4 Å². The largest absolute Gasteiger partial charge is 0.457 e. The van der Waals surface area contributed by atoms with Crippen LogP contribution in [-0.2, 0) is 21.3 Å². The van der Waals surface area contributed by atoms with Crippen molar-refractivity contribution in [3.05, 3.63) is 23.0 Å². The minimum atomic E-state index is -0.541. The van der Waals surface area contributed by atoms with Crippen LogP contribution in [0.2, 0.25) is 0 Å². The van der Waals surface area contributed by atoms with Gasteiger partial charge in [-0.25, -0.2) is 4.79 Å². The van der Waals surface area contributed by atoms with E-state index in [1.165, 1.54) is 0 Å². The second-order valence-electron chi connectivity index (χ2n) is 8.12. The molecule has 1 saturated heterocycles. The third-order valence-corrected chi connectivity index (χ3v) is 4.90. The second-order valence-corrected chi connectivity index (χ2v) is 8.12. The molecule has 1 aliphatic rings. The predicted molar refractivity (Wildman–Crippen MR) is 101 cm³/mol. The predicted octanol–water partition coefficient (Wildman–Crippen LogP) is 3.01. The zero-order chi connectivity index (χ0) is 20.4. The molecule has 27 heavy (non-hydrogen) atoms. The van der Waals surface area contributed by atoms with Crippen LogP contribution in [0.4, 0.5) is 4.79 Å². The first kappa shape index (κ1) is 21.0. The Balaban J connectivity index is 1.81. The lowest BCUT2D eigenvalue weighted by Crippen LogP contribution is -2.43. The van der Waals surface area contributed by atoms with Gasteiger partial charge in [-0.3, -0.25) is 9.59 Å². The van der Waals surface area contributed by atoms with Crippen LogP contribution in [0, 0.1) is 19.8 Å². The quantitative estimate of drug-likeness (QED) is 0.594. The highest BCUT2D eigenvalue weighted by Crippen LogP contribution is 2.21. The number of hydrogen-bond donors (Lipinski definition) is 0. The number of carbonyl (C=O) groups excluding carboxylic acids is 3. The summed E-state index contributed by atoms with van der Waals surface area (Å²) in [6, 6.07) is 1.81. The Kier molecular flexibility index (Phi) is 6.34. The molecule has 1 amide bonds. The van der Waals surface area contributed by atoms with Crippen molar-refractivity contribution in [2.75, 3.05) is 19.7 Å². The van der Waals surface area contributed by atoms with Crippen LogP contribution in [0.1, 0.15) is 55.4 Å². The molecule has 0 aliphatic carbocycles. The van der Waals surface area contributed by atoms with Gasteiger partial charge in [-0.1, -0.05) is 0 Å². The minimum absolute atomic E-state index is 0.198. The number of aryl methyl sites for hydroxylation is 1. The summed E-state index contributed by atoms with van der Waals surface area (Å²) in [5, 5.41) is 0. The van der Waals surface area contributed by atoms with Crippen LogP contribution < -0.4 is 0 Å². The first-order valence-electron chi connectivity index (χ1n) is 9.30. The van der Waals surface area contributed by atoms with Crippen molar-refractivity contribution in [1.29, 1.82) is 0 Å². The lowest BCUT2D eigenvalue weighted by atomic mass is 9.97. The first-order chi connectivity index (χ1) is 12.5. The van der Waals surface area contributed by atoms with Gasteiger partial charge in [0.15, 0.2) is 6.61 Å². The van der Waals surface area contributed by atoms with Gasteiger partial charge in [0.1, 0.15) is 5.60 Å². The number of piperidine rings is 1. The van der Waals surface area contributed by atoms with Crippen molar-refractivity contribution < 1.29 is 23.9 Å². The topological polar surface area (TPSA) is 77.8 Å². The van der Waals surface area contributed by atoms with Crippen molar-refractivity contribution in [1.82, 2.24) is 9.47 Å². The highest BCUT2D eigenvalue weighted by Gasteiger charge is 2.31. The molecule has 1 fully saturated rings. The molecule has 7 nitrogen and oxygen atoms in total. The summed E-state index contributed by atoms with van der Waals surface area (Å²) in [5.41, 5.74) is 1.89. The lowest BCUT2D eigenvalue weighted by molar-refractivity contribution is -0.149. The Labute approximate surface area is 160 Å². The molecule has 0 radical (unpaired) electrons. The van der Waals surface area contributed by atoms with E-state index < -0.39 is 5.60 Å². The summed E-state index contributed by atoms with van der Waals surface area (Å²) in [5.74, 6) is -0.872. The molecule has 0 saturated carbocycles. The lowest BCUT2D eigenvalue weighted by Gasteiger charge is -2.32. The summed E-state index contributed by atoms with van der Waals surface area (Å²) in [6.07, 6.45) is 0.658. The number of rotatable bonds is 4. The fraction of sp³-hybridized carbons (Fsp3) is 0.650. The Morgan fingerprint density at radius 2 is 1.74 bits per heavy atom. The van der Waals surface area contributed by atoms with Crippen LogP contribution in [0.5, 0.6) is 0 Å². The third kappa shape index (κ3) is 5.34. The maximum Gasteiger partial charge on any atom is 0.410 e. The van der Waals surface area contributed by atoms with Gasteiger partial charge >= 0.3 is 12.1 Å². The summed E-state index contributed by atoms with van der Waals surface area (Å²) in [4.78, 5) is 38.3. The minimum Gasteiger partial charge on any atom is -0.457 e. The zero-order valence-corrected chi connectivity index (χ0v) is 17.1. The highest BCUT2D eigenvalue weighted by atomic mass is 16.6. The molecule has 1 aromatic heterocycles. The number of likely N-dealkylation sites (tertiary alicyclic amines) is 1. The van der Waals surface area contributed by atoms with Gasteiger partial charge in [-0.2, -0.15) is 0 Å². The molecule has 7 heteroatoms. The van der Waals surface area contributed by atoms with Gasteiger partial charge in [-0.05, 0) is 53.5 Å². The number of aromatic nitrogens is 1. The van der Waals surface area contributed by atoms with Crippen molar-refractivity contribution in [2.24, 2.45) is 13.0 Å². The molecule has 0 spiro atoms. The SMILES string of the molecule is Cc1cc(C(=O)COC(=O)C2CCN(C(=O)OC(C)(C)C)CC2)c(C)n1C. The van der Waals surface area contributed by atoms with E-state index in [1.807, 2.05) is 52.3 Å². The number of amides is 1. The fourth-order valence-electron chi connectivity index (χ4n) is 3.09. The number of hydrogen-bond acceptors (Lipinski definition) is 5. The normalized spacial score (nSPS) is 15.6. The maximum atomic E-state index is 12.3. The Morgan fingerprint density at radius 1 is 1.15 bits per heavy atom. The van der Waals surface area contributed by atoms with E-state index in [1.54, 1.807) is 4.90 Å². The van der Waals surface area contributed by atoms with Crippen LogP contribution >= 0.6 is 0 Å². The standard InChI is InChI=1S/C20H30N2O5/c1-13-11-16(14(2)21(13)6)17(23)12-26-18(24)15-7-9-22(10-8-15)19(25)27-20(3,4)5/h11,15H,7-10,12H2,1-6H3. The monoisotopic (exact) mass is 378 g/mol. The molecule has 1 aliphatic heterocycles. The number of Topliss-reactive ketones (excluding diaryl/α,β-unsaturated/α-hetero) is 1. The second kappa shape index (κ2) is 8.15. The molecule has 150 valence electrons. The first-order valence-corrected chi connectivity index (χ1v) is 9.30. The Hall–Kier alpha value is -2.31. The average Bonchev–Trinajstić information content (AvgIpc) is 2.85. The van der Waals surface area contributed by atoms with Crippen molar-refractivity contribution in [3.63, 3.8) is 0 Å². The maximum absolute atomic E-state index is 12.3. The molecule has 0 aromatic carbocycles. The van der Waals surface area contributed by atoms with E-state index in [0.29, 0.717) is 31.5 Å². The third-order valence-electron chi connectivity index (χ3n) is 4.90. The molecular formula is C20H30N2O5. The number of ketones is 1. The van der Waals surface area contributed by atoms with Gasteiger partial charge < -0.3 is 18.9 Å². The molecule has 0 unspecified atom stereocenters. The van der Waals surface area contributed by atoms with Crippen molar-refractivity contribution >= 4 is 17.8 Å². The average molecular weight is 378 g/mol. The number of nitrogens with zero attached hydrogens (tertiary/aromatic N) is 2. The Bertz CT molecular complexity index is 721. The summed E-state index contributed by atoms with van der Waals surface area (Å²) in [6.45, 7) is 9.89. The van der Waals surface area contributed by atoms with Gasteiger partial charge in [0.05, 0.1) is 5.92 Å². The van der Waals surface area contributed by atoms with Gasteiger partial charge in [-0.15, -0.1) is 0 Å². The molecule has 0 N–H and O–H groups in total. The van der Waals surface area contributed by atoms with E-state index in [2.05, 4.69) is 0 Å². The van der Waals surface area contributed by atoms with Gasteiger partial charge in [0.2, 0.25) is 5.78 Å². The highest BCUT2D eigenvalue weighted by molar-refractivity contribution is 5.99. The van der Waals surface area contributed by atoms with Crippen LogP contribution in [0.15, 0.2) is 6.07 Å². The molecule has 2 rings (SSSR count). The molecule has 0 bridgehead atoms. The zero-order valence-electron chi connectivity index (χ0n) is 17.1. The van der Waals surface area contributed by atoms with Crippen molar-refractivity contribution in [3.8, 4) is 0 Å². The molecular weight excluding hydrogens is 348 g/mol. The van der Waals surface area contributed by atoms with E-state index in [0.717, 1.165) is 11.4 Å². The van der Waals surface area contributed by atoms with Gasteiger partial charge in [0.25, 0.3) is 0 Å². The number of ether oxygens (including phenoxy) is 2. The number of carbonyl (C=O) groups is 3. The fourth-order valence-corrected chi connectivity index (χ4v) is 3.09. The molecule has 1 aromatic rings. The summed E-state index contributed by atoms with van der Waals surface area (Å²) < 4.78 is 12.5. The van der Waals surface area contributed by atoms with Gasteiger partial charge in [0, 0.05) is 37.1 Å². The summed E-state index contributed by atoms with van der Waals surface area (Å²) >= 11 is 0. The van der Waals surface area contributed by atoms with Crippen LogP contribution in [-0.4, -0.2) is 52.6 Å². The summed E-state index contributed by atoms with van der Waals surface area (Å²) in [7, 11) is 1.89. The van der Waals surface area contributed by atoms with E-state index in [4.69, 9.17) is 9.47 Å². The van der Waals surface area contributed by atoms with Crippen LogP contribution in [0.25, 0.3) is 0 Å². The molecule has 0 atom stereocenters. The smallest absolute Gasteiger partial charge is 0.410 e. The number of esters is 1. The van der Waals surface area contributed by atoms with Crippen molar-refractivity contribution in [2.45, 2.75) is 53.1 Å². The van der Waals surface area contributed by atoms with E-state index in [9.17, 15) is 14.4 Å². The Morgan fingerprint density at radius 3 is 2.22 bits per heavy atom. The van der Waals surface area contributed by atoms with Crippen LogP contribution in [0.3, 0.4) is 0 Å². The van der Waals surface area contributed by atoms with E-state index >= 15 is 0 Å². The molecule has 2 heterocycles.